The first-order valence-electron chi connectivity index (χ1n) is 4.78. The first-order chi connectivity index (χ1) is 7.16. The predicted molar refractivity (Wildman–Crippen MR) is 53.2 cm³/mol. The fourth-order valence-corrected chi connectivity index (χ4v) is 1.29. The van der Waals surface area contributed by atoms with Crippen molar-refractivity contribution < 1.29 is 19.4 Å². The van der Waals surface area contributed by atoms with Crippen LogP contribution in [-0.2, 0) is 4.74 Å². The maximum Gasteiger partial charge on any atom is 0.335 e. The van der Waals surface area contributed by atoms with Gasteiger partial charge in [-0.2, -0.15) is 0 Å². The van der Waals surface area contributed by atoms with Gasteiger partial charge in [-0.05, 0) is 31.2 Å². The van der Waals surface area contributed by atoms with Gasteiger partial charge in [-0.15, -0.1) is 0 Å². The first kappa shape index (κ1) is 9.98. The smallest absolute Gasteiger partial charge is 0.335 e. The molecule has 15 heavy (non-hydrogen) atoms. The van der Waals surface area contributed by atoms with Gasteiger partial charge in [0.2, 0.25) is 0 Å². The zero-order chi connectivity index (χ0) is 10.8. The summed E-state index contributed by atoms with van der Waals surface area (Å²) in [7, 11) is 0. The highest BCUT2D eigenvalue weighted by atomic mass is 16.6. The second-order valence-electron chi connectivity index (χ2n) is 3.52. The summed E-state index contributed by atoms with van der Waals surface area (Å²) in [5.41, 5.74) is 0.262. The van der Waals surface area contributed by atoms with E-state index in [0.717, 1.165) is 6.61 Å². The van der Waals surface area contributed by atoms with E-state index in [0.29, 0.717) is 5.75 Å². The summed E-state index contributed by atoms with van der Waals surface area (Å²) in [4.78, 5) is 10.6. The lowest BCUT2D eigenvalue weighted by Gasteiger charge is -2.11. The van der Waals surface area contributed by atoms with Gasteiger partial charge in [-0.25, -0.2) is 4.79 Å². The highest BCUT2D eigenvalue weighted by molar-refractivity contribution is 5.87. The number of epoxide rings is 1. The molecular formula is C11H12O4. The molecule has 1 heterocycles. The number of rotatable bonds is 4. The lowest BCUT2D eigenvalue weighted by atomic mass is 10.2. The van der Waals surface area contributed by atoms with Gasteiger partial charge in [0.05, 0.1) is 12.2 Å². The quantitative estimate of drug-likeness (QED) is 0.762. The number of benzene rings is 1. The Kier molecular flexibility index (Phi) is 2.60. The van der Waals surface area contributed by atoms with Crippen molar-refractivity contribution in [3.63, 3.8) is 0 Å². The third-order valence-electron chi connectivity index (χ3n) is 2.31. The topological polar surface area (TPSA) is 59.1 Å². The summed E-state index contributed by atoms with van der Waals surface area (Å²) in [6.45, 7) is 2.68. The Labute approximate surface area is 87.4 Å². The van der Waals surface area contributed by atoms with E-state index in [9.17, 15) is 4.79 Å². The van der Waals surface area contributed by atoms with Crippen LogP contribution < -0.4 is 4.74 Å². The Morgan fingerprint density at radius 3 is 2.60 bits per heavy atom. The van der Waals surface area contributed by atoms with Gasteiger partial charge in [0, 0.05) is 0 Å². The Morgan fingerprint density at radius 2 is 2.13 bits per heavy atom. The van der Waals surface area contributed by atoms with Gasteiger partial charge in [0.25, 0.3) is 0 Å². The van der Waals surface area contributed by atoms with Gasteiger partial charge < -0.3 is 14.6 Å². The average Bonchev–Trinajstić information content (AvgIpc) is 3.01. The summed E-state index contributed by atoms with van der Waals surface area (Å²) in [6.07, 6.45) is 0.199. The number of carbonyl (C=O) groups is 1. The summed E-state index contributed by atoms with van der Waals surface area (Å²) in [5.74, 6) is -0.261. The van der Waals surface area contributed by atoms with Crippen LogP contribution in [0.3, 0.4) is 0 Å². The van der Waals surface area contributed by atoms with Crippen LogP contribution in [0.25, 0.3) is 0 Å². The minimum atomic E-state index is -0.930. The average molecular weight is 208 g/mol. The summed E-state index contributed by atoms with van der Waals surface area (Å²) < 4.78 is 10.6. The molecule has 1 aromatic carbocycles. The molecule has 1 aromatic rings. The lowest BCUT2D eigenvalue weighted by Crippen LogP contribution is -2.18. The molecule has 4 nitrogen and oxygen atoms in total. The molecule has 0 amide bonds. The molecule has 80 valence electrons. The van der Waals surface area contributed by atoms with E-state index in [2.05, 4.69) is 0 Å². The monoisotopic (exact) mass is 208 g/mol. The lowest BCUT2D eigenvalue weighted by molar-refractivity contribution is 0.0697. The molecular weight excluding hydrogens is 196 g/mol. The van der Waals surface area contributed by atoms with Gasteiger partial charge in [0.1, 0.15) is 18.0 Å². The largest absolute Gasteiger partial charge is 0.488 e. The zero-order valence-electron chi connectivity index (χ0n) is 8.34. The summed E-state index contributed by atoms with van der Waals surface area (Å²) in [6, 6.07) is 6.36. The molecule has 2 unspecified atom stereocenters. The molecule has 1 saturated heterocycles. The summed E-state index contributed by atoms with van der Waals surface area (Å²) in [5, 5.41) is 8.70. The van der Waals surface area contributed by atoms with Gasteiger partial charge in [-0.1, -0.05) is 0 Å². The molecule has 0 radical (unpaired) electrons. The van der Waals surface area contributed by atoms with Crippen molar-refractivity contribution in [3.8, 4) is 5.75 Å². The molecule has 1 N–H and O–H groups in total. The van der Waals surface area contributed by atoms with Crippen LogP contribution in [0.5, 0.6) is 5.75 Å². The maximum atomic E-state index is 10.6. The van der Waals surface area contributed by atoms with E-state index in [1.165, 1.54) is 12.1 Å². The van der Waals surface area contributed by atoms with Crippen molar-refractivity contribution in [3.05, 3.63) is 29.8 Å². The highest BCUT2D eigenvalue weighted by Gasteiger charge is 2.30. The van der Waals surface area contributed by atoms with Crippen molar-refractivity contribution in [1.82, 2.24) is 0 Å². The van der Waals surface area contributed by atoms with Gasteiger partial charge in [-0.3, -0.25) is 0 Å². The third kappa shape index (κ3) is 2.47. The second-order valence-corrected chi connectivity index (χ2v) is 3.52. The molecule has 0 spiro atoms. The Balaban J connectivity index is 1.99. The van der Waals surface area contributed by atoms with Crippen molar-refractivity contribution in [2.75, 3.05) is 6.61 Å². The number of aromatic carboxylic acids is 1. The molecule has 1 fully saturated rings. The zero-order valence-corrected chi connectivity index (χ0v) is 8.34. The van der Waals surface area contributed by atoms with E-state index in [1.807, 2.05) is 6.92 Å². The molecule has 4 heteroatoms. The van der Waals surface area contributed by atoms with Crippen LogP contribution >= 0.6 is 0 Å². The van der Waals surface area contributed by atoms with Crippen LogP contribution in [0.1, 0.15) is 17.3 Å². The molecule has 0 aliphatic carbocycles. The van der Waals surface area contributed by atoms with Gasteiger partial charge >= 0.3 is 5.97 Å². The van der Waals surface area contributed by atoms with E-state index in [4.69, 9.17) is 14.6 Å². The van der Waals surface area contributed by atoms with Crippen LogP contribution in [0.4, 0.5) is 0 Å². The van der Waals surface area contributed by atoms with Crippen molar-refractivity contribution in [2.45, 2.75) is 19.1 Å². The Bertz CT molecular complexity index is 353. The number of carboxylic acid groups (broad SMARTS) is 1. The predicted octanol–water partition coefficient (Wildman–Crippen LogP) is 1.55. The highest BCUT2D eigenvalue weighted by Crippen LogP contribution is 2.20. The van der Waals surface area contributed by atoms with Crippen LogP contribution in [-0.4, -0.2) is 29.9 Å². The van der Waals surface area contributed by atoms with Crippen molar-refractivity contribution in [2.24, 2.45) is 0 Å². The summed E-state index contributed by atoms with van der Waals surface area (Å²) >= 11 is 0. The van der Waals surface area contributed by atoms with Crippen LogP contribution in [0.15, 0.2) is 24.3 Å². The fraction of sp³-hybridized carbons (Fsp3) is 0.364. The minimum Gasteiger partial charge on any atom is -0.488 e. The Hall–Kier alpha value is -1.55. The van der Waals surface area contributed by atoms with Gasteiger partial charge in [0.15, 0.2) is 0 Å². The van der Waals surface area contributed by atoms with E-state index in [-0.39, 0.29) is 17.8 Å². The Morgan fingerprint density at radius 1 is 1.53 bits per heavy atom. The van der Waals surface area contributed by atoms with Crippen molar-refractivity contribution >= 4 is 5.97 Å². The number of hydrogen-bond donors (Lipinski definition) is 1. The van der Waals surface area contributed by atoms with Crippen LogP contribution in [0, 0.1) is 0 Å². The molecule has 1 aliphatic heterocycles. The molecule has 2 rings (SSSR count). The molecule has 0 bridgehead atoms. The van der Waals surface area contributed by atoms with Crippen LogP contribution in [0.2, 0.25) is 0 Å². The molecule has 0 saturated carbocycles. The maximum absolute atomic E-state index is 10.6. The normalized spacial score (nSPS) is 20.7. The molecule has 0 aromatic heterocycles. The van der Waals surface area contributed by atoms with E-state index >= 15 is 0 Å². The SMILES string of the molecule is CC(Oc1ccc(C(=O)O)cc1)C1CO1. The second kappa shape index (κ2) is 3.90. The third-order valence-corrected chi connectivity index (χ3v) is 2.31. The number of ether oxygens (including phenoxy) is 2. The van der Waals surface area contributed by atoms with E-state index < -0.39 is 5.97 Å². The standard InChI is InChI=1S/C11H12O4/c1-7(10-6-14-10)15-9-4-2-8(3-5-9)11(12)13/h2-5,7,10H,6H2,1H3,(H,12,13). The van der Waals surface area contributed by atoms with E-state index in [1.54, 1.807) is 12.1 Å². The molecule has 2 atom stereocenters. The number of carboxylic acids is 1. The minimum absolute atomic E-state index is 0.0145. The molecule has 1 aliphatic rings. The first-order valence-corrected chi connectivity index (χ1v) is 4.78. The van der Waals surface area contributed by atoms with Crippen molar-refractivity contribution in [1.29, 1.82) is 0 Å². The fourth-order valence-electron chi connectivity index (χ4n) is 1.29. The number of hydrogen-bond acceptors (Lipinski definition) is 3.